The molecule has 0 aliphatic heterocycles. The van der Waals surface area contributed by atoms with Gasteiger partial charge in [-0.05, 0) is 93.1 Å². The number of thiophene rings is 2. The molecule has 12 heterocycles. The molecule has 12 rings (SSSR count). The maximum Gasteiger partial charge on any atom is 0.228 e. The van der Waals surface area contributed by atoms with Crippen LogP contribution < -0.4 is 0 Å². The Balaban J connectivity index is 0.000000524. The maximum absolute atomic E-state index is 5.09. The molecule has 0 saturated carbocycles. The van der Waals surface area contributed by atoms with E-state index in [-0.39, 0.29) is 0 Å². The van der Waals surface area contributed by atoms with E-state index in [9.17, 15) is 0 Å². The first-order chi connectivity index (χ1) is 45.7. The molecule has 23 heteroatoms. The van der Waals surface area contributed by atoms with E-state index >= 15 is 0 Å². The first-order valence-corrected chi connectivity index (χ1v) is 34.5. The summed E-state index contributed by atoms with van der Waals surface area (Å²) in [5, 5.41) is 24.5. The molecule has 0 aliphatic rings. The molecule has 0 bridgehead atoms. The van der Waals surface area contributed by atoms with E-state index in [0.29, 0.717) is 82.8 Å². The minimum Gasteiger partial charge on any atom is -0.472 e. The van der Waals surface area contributed by atoms with Gasteiger partial charge in [-0.25, -0.2) is 19.9 Å². The summed E-state index contributed by atoms with van der Waals surface area (Å²) in [6, 6.07) is 14.2. The topological polar surface area (TPSA) is 278 Å². The molecule has 0 aliphatic carbocycles. The first kappa shape index (κ1) is 85.4. The van der Waals surface area contributed by atoms with Gasteiger partial charge >= 0.3 is 0 Å². The Bertz CT molecular complexity index is 2550. The van der Waals surface area contributed by atoms with Gasteiger partial charge in [-0.2, -0.15) is 21.3 Å². The number of aromatic amines is 2. The Morgan fingerprint density at radius 2 is 1.16 bits per heavy atom. The van der Waals surface area contributed by atoms with Gasteiger partial charge in [0.2, 0.25) is 24.6 Å². The molecule has 12 aromatic heterocycles. The van der Waals surface area contributed by atoms with E-state index in [2.05, 4.69) is 220 Å². The van der Waals surface area contributed by atoms with Gasteiger partial charge in [0.05, 0.1) is 42.7 Å². The van der Waals surface area contributed by atoms with Gasteiger partial charge in [0.1, 0.15) is 30.4 Å². The highest BCUT2D eigenvalue weighted by atomic mass is 32.1. The zero-order chi connectivity index (χ0) is 71.8. The number of imidazole rings is 2. The lowest BCUT2D eigenvalue weighted by Gasteiger charge is -1.96. The fourth-order valence-electron chi connectivity index (χ4n) is 6.47. The van der Waals surface area contributed by atoms with Gasteiger partial charge in [0.15, 0.2) is 24.4 Å². The average molecular weight is 1360 g/mol. The molecule has 0 unspecified atom stereocenters. The number of oxazole rings is 2. The van der Waals surface area contributed by atoms with Crippen molar-refractivity contribution < 1.29 is 35.7 Å². The van der Waals surface area contributed by atoms with Crippen LogP contribution in [0, 0.1) is 0 Å². The molecule has 0 spiro atoms. The van der Waals surface area contributed by atoms with Crippen molar-refractivity contribution >= 4 is 22.7 Å². The number of H-pyrrole nitrogens is 2. The van der Waals surface area contributed by atoms with Crippen LogP contribution in [0.1, 0.15) is 305 Å². The van der Waals surface area contributed by atoms with Gasteiger partial charge in [-0.3, -0.25) is 0 Å². The molecule has 0 atom stereocenters. The lowest BCUT2D eigenvalue weighted by Crippen LogP contribution is -1.87. The first-order valence-electron chi connectivity index (χ1n) is 32.7. The molecule has 21 nitrogen and oxygen atoms in total. The van der Waals surface area contributed by atoms with E-state index in [1.54, 1.807) is 67.6 Å². The SMILES string of the molecule is CC(C)c1ccco1.CC(C)c1cccs1.CC(C)c1ccoc1.CC(C)c1ccon1.CC(C)c1ccsc1.CC(C)c1cnc[nH]1.CC(C)c1cocn1.CC(C)c1ncc[nH]1.CC(C)c1ncco1.CC(C)c1ncno1.CC(C)c1ncon1.CC(C)c1nnco1. The van der Waals surface area contributed by atoms with E-state index in [1.165, 1.54) is 47.2 Å². The van der Waals surface area contributed by atoms with Crippen molar-refractivity contribution in [3.8, 4) is 0 Å². The van der Waals surface area contributed by atoms with Crippen molar-refractivity contribution in [3.63, 3.8) is 0 Å². The second-order valence-corrected chi connectivity index (χ2v) is 26.8. The van der Waals surface area contributed by atoms with E-state index in [0.717, 1.165) is 34.7 Å². The highest BCUT2D eigenvalue weighted by Gasteiger charge is 2.06. The molecule has 0 fully saturated rings. The number of nitrogens with zero attached hydrogens (tertiary/aromatic N) is 11. The number of furan rings is 2. The van der Waals surface area contributed by atoms with Gasteiger partial charge in [-0.15, -0.1) is 21.5 Å². The molecule has 0 radical (unpaired) electrons. The fraction of sp³-hybridized carbons (Fsp3) is 0.493. The molecule has 0 aromatic carbocycles. The summed E-state index contributed by atoms with van der Waals surface area (Å²) in [6.07, 6.45) is 24.4. The summed E-state index contributed by atoms with van der Waals surface area (Å²) in [6.45, 7) is 50.3. The molecular weight excluding hydrogens is 1250 g/mol. The van der Waals surface area contributed by atoms with Crippen LogP contribution >= 0.6 is 22.7 Å². The van der Waals surface area contributed by atoms with Crippen molar-refractivity contribution in [1.82, 2.24) is 65.5 Å². The monoisotopic (exact) mass is 1360 g/mol. The van der Waals surface area contributed by atoms with Crippen LogP contribution in [-0.4, -0.2) is 65.5 Å². The summed E-state index contributed by atoms with van der Waals surface area (Å²) < 4.78 is 38.5. The standard InChI is InChI=1S/2C7H10O.2C7H10S.2C6H10N2.3C6H9NO.3C5H8N2O/c1-6(2)7-3-4-8-5-7;1-6(2)7-4-3-5-8-7;1-6(2)7-3-4-8-5-7;1-6(2)7-4-3-5-8-7;1-5(2)6-3-7-4-8-6;1-5(2)6-7-3-4-8-6;1-5(2)6-3-8-4-7-6;1-5(2)6-7-3-4-8-6;1-5(2)6-3-4-8-7-6;1-4(2)5-7-6-3-8-5;1-4(2)5-6-3-8-7-5;1-4(2)5-6-3-7-8-5/h4*3-6H,1-2H3;2*3-5H,1-2H3,(H,7,8);3*3-5H,1-2H3;3*3-4H,1-2H3. The van der Waals surface area contributed by atoms with Crippen LogP contribution in [-0.2, 0) is 0 Å². The van der Waals surface area contributed by atoms with Crippen LogP contribution in [0.15, 0.2) is 188 Å². The fourth-order valence-corrected chi connectivity index (χ4v) is 8.04. The normalized spacial score (nSPS) is 10.4. The average Bonchev–Trinajstić information content (AvgIpc) is 4.51. The van der Waals surface area contributed by atoms with E-state index in [1.807, 2.05) is 103 Å². The van der Waals surface area contributed by atoms with Crippen LogP contribution in [0.5, 0.6) is 0 Å². The third-order valence-electron chi connectivity index (χ3n) is 12.5. The molecule has 2 N–H and O–H groups in total. The largest absolute Gasteiger partial charge is 0.472 e. The van der Waals surface area contributed by atoms with Crippen molar-refractivity contribution in [3.05, 3.63) is 221 Å². The Morgan fingerprint density at radius 1 is 0.448 bits per heavy atom. The van der Waals surface area contributed by atoms with Crippen LogP contribution in [0.4, 0.5) is 0 Å². The van der Waals surface area contributed by atoms with Crippen molar-refractivity contribution in [1.29, 1.82) is 0 Å². The lowest BCUT2D eigenvalue weighted by atomic mass is 10.1. The summed E-state index contributed by atoms with van der Waals surface area (Å²) in [7, 11) is 0. The van der Waals surface area contributed by atoms with Gasteiger partial charge in [0.25, 0.3) is 0 Å². The Kier molecular flexibility index (Phi) is 45.2. The predicted octanol–water partition coefficient (Wildman–Crippen LogP) is 22.6. The van der Waals surface area contributed by atoms with Crippen molar-refractivity contribution in [2.75, 3.05) is 0 Å². The smallest absolute Gasteiger partial charge is 0.228 e. The summed E-state index contributed by atoms with van der Waals surface area (Å²) in [5.41, 5.74) is 5.96. The van der Waals surface area contributed by atoms with Crippen LogP contribution in [0.25, 0.3) is 0 Å². The third kappa shape index (κ3) is 40.0. The number of rotatable bonds is 12. The van der Waals surface area contributed by atoms with E-state index in [4.69, 9.17) is 26.6 Å². The molecule has 96 heavy (non-hydrogen) atoms. The zero-order valence-electron chi connectivity index (χ0n) is 61.4. The highest BCUT2D eigenvalue weighted by Crippen LogP contribution is 2.20. The maximum atomic E-state index is 5.09. The number of nitrogens with one attached hydrogen (secondary N) is 2. The summed E-state index contributed by atoms with van der Waals surface area (Å²) in [5.74, 6) is 11.1. The molecule has 528 valence electrons. The van der Waals surface area contributed by atoms with Crippen molar-refractivity contribution in [2.24, 2.45) is 0 Å². The van der Waals surface area contributed by atoms with Crippen LogP contribution in [0.2, 0.25) is 0 Å². The number of hydrogen-bond acceptors (Lipinski definition) is 21. The minimum atomic E-state index is 0.345. The van der Waals surface area contributed by atoms with Gasteiger partial charge in [0, 0.05) is 70.7 Å². The van der Waals surface area contributed by atoms with E-state index < -0.39 is 0 Å². The molecule has 0 amide bonds. The second-order valence-electron chi connectivity index (χ2n) is 25.0. The molecule has 0 saturated heterocycles. The Labute approximate surface area is 579 Å². The zero-order valence-corrected chi connectivity index (χ0v) is 63.0. The van der Waals surface area contributed by atoms with Gasteiger partial charge in [-0.1, -0.05) is 188 Å². The highest BCUT2D eigenvalue weighted by molar-refractivity contribution is 7.10. The number of aromatic nitrogens is 13. The Hall–Kier alpha value is -8.57. The Morgan fingerprint density at radius 3 is 1.41 bits per heavy atom. The summed E-state index contributed by atoms with van der Waals surface area (Å²) >= 11 is 3.60. The second kappa shape index (κ2) is 50.8. The van der Waals surface area contributed by atoms with Crippen molar-refractivity contribution in [2.45, 2.75) is 237 Å². The lowest BCUT2D eigenvalue weighted by molar-refractivity contribution is 0.364. The predicted molar refractivity (Wildman–Crippen MR) is 385 cm³/mol. The quantitative estimate of drug-likeness (QED) is 0.115. The van der Waals surface area contributed by atoms with Gasteiger partial charge < -0.3 is 45.6 Å². The van der Waals surface area contributed by atoms with Crippen LogP contribution in [0.3, 0.4) is 0 Å². The molecule has 12 aromatic rings. The third-order valence-corrected chi connectivity index (χ3v) is 14.4. The molecular formula is C73H111N13O8S2. The number of hydrogen-bond donors (Lipinski definition) is 2. The summed E-state index contributed by atoms with van der Waals surface area (Å²) in [4.78, 5) is 31.0. The minimum absolute atomic E-state index is 0.345.